The molecule has 1 fully saturated rings. The Morgan fingerprint density at radius 3 is 3.20 bits per heavy atom. The number of ether oxygens (including phenoxy) is 1. The molecule has 1 atom stereocenters. The van der Waals surface area contributed by atoms with E-state index in [1.165, 1.54) is 0 Å². The lowest BCUT2D eigenvalue weighted by Gasteiger charge is -2.31. The van der Waals surface area contributed by atoms with Crippen LogP contribution < -0.4 is 0 Å². The van der Waals surface area contributed by atoms with E-state index in [4.69, 9.17) is 4.74 Å². The molecule has 2 heterocycles. The number of nitrogens with zero attached hydrogens (tertiary/aromatic N) is 1. The van der Waals surface area contributed by atoms with Crippen molar-refractivity contribution in [2.24, 2.45) is 0 Å². The van der Waals surface area contributed by atoms with Crippen molar-refractivity contribution in [2.75, 3.05) is 31.7 Å². The van der Waals surface area contributed by atoms with Crippen LogP contribution in [-0.2, 0) is 9.53 Å². The summed E-state index contributed by atoms with van der Waals surface area (Å²) >= 11 is 1.87. The molecule has 0 amide bonds. The Bertz CT molecular complexity index is 278. The lowest BCUT2D eigenvalue weighted by molar-refractivity contribution is -0.120. The Hall–Kier alpha value is -0.480. The van der Waals surface area contributed by atoms with Crippen molar-refractivity contribution in [3.05, 3.63) is 11.8 Å². The van der Waals surface area contributed by atoms with Crippen molar-refractivity contribution in [2.45, 2.75) is 18.9 Å². The first kappa shape index (κ1) is 11.0. The zero-order valence-corrected chi connectivity index (χ0v) is 9.89. The van der Waals surface area contributed by atoms with E-state index in [1.54, 1.807) is 6.26 Å². The fourth-order valence-corrected chi connectivity index (χ4v) is 3.13. The van der Waals surface area contributed by atoms with Gasteiger partial charge in [0.2, 0.25) is 0 Å². The van der Waals surface area contributed by atoms with Gasteiger partial charge in [0.15, 0.2) is 5.78 Å². The molecule has 0 saturated carbocycles. The van der Waals surface area contributed by atoms with Crippen LogP contribution in [0.5, 0.6) is 0 Å². The molecule has 1 saturated heterocycles. The standard InChI is InChI=1S/C11H17NO2S/c1-12-4-6-15-8-10(12)11(13)9-3-2-5-14-7-9/h7,10H,2-6,8H2,1H3. The molecule has 0 aliphatic carbocycles. The van der Waals surface area contributed by atoms with Gasteiger partial charge in [-0.2, -0.15) is 11.8 Å². The highest BCUT2D eigenvalue weighted by Crippen LogP contribution is 2.21. The van der Waals surface area contributed by atoms with Crippen molar-refractivity contribution < 1.29 is 9.53 Å². The third-order valence-corrected chi connectivity index (χ3v) is 3.97. The Labute approximate surface area is 94.8 Å². The van der Waals surface area contributed by atoms with Crippen LogP contribution in [0, 0.1) is 0 Å². The van der Waals surface area contributed by atoms with Gasteiger partial charge >= 0.3 is 0 Å². The molecule has 2 rings (SSSR count). The lowest BCUT2D eigenvalue weighted by atomic mass is 10.0. The largest absolute Gasteiger partial charge is 0.501 e. The maximum Gasteiger partial charge on any atom is 0.179 e. The molecule has 0 radical (unpaired) electrons. The van der Waals surface area contributed by atoms with Crippen LogP contribution in [0.3, 0.4) is 0 Å². The minimum absolute atomic E-state index is 0.0664. The summed E-state index contributed by atoms with van der Waals surface area (Å²) in [7, 11) is 2.03. The van der Waals surface area contributed by atoms with E-state index < -0.39 is 0 Å². The monoisotopic (exact) mass is 227 g/mol. The smallest absolute Gasteiger partial charge is 0.179 e. The van der Waals surface area contributed by atoms with Crippen LogP contribution in [0.1, 0.15) is 12.8 Å². The number of carbonyl (C=O) groups excluding carboxylic acids is 1. The van der Waals surface area contributed by atoms with Gasteiger partial charge in [-0.15, -0.1) is 0 Å². The SMILES string of the molecule is CN1CCSCC1C(=O)C1=COCCC1. The topological polar surface area (TPSA) is 29.5 Å². The summed E-state index contributed by atoms with van der Waals surface area (Å²) in [5.41, 5.74) is 0.876. The molecule has 0 aromatic carbocycles. The molecule has 0 aromatic heterocycles. The average molecular weight is 227 g/mol. The van der Waals surface area contributed by atoms with Crippen molar-refractivity contribution >= 4 is 17.5 Å². The summed E-state index contributed by atoms with van der Waals surface area (Å²) < 4.78 is 5.22. The normalized spacial score (nSPS) is 28.1. The summed E-state index contributed by atoms with van der Waals surface area (Å²) in [5, 5.41) is 0. The van der Waals surface area contributed by atoms with Gasteiger partial charge in [0.05, 0.1) is 18.9 Å². The number of carbonyl (C=O) groups is 1. The molecule has 4 heteroatoms. The summed E-state index contributed by atoms with van der Waals surface area (Å²) in [6.45, 7) is 1.77. The fourth-order valence-electron chi connectivity index (χ4n) is 1.92. The van der Waals surface area contributed by atoms with E-state index in [0.29, 0.717) is 0 Å². The molecule has 1 unspecified atom stereocenters. The summed E-state index contributed by atoms with van der Waals surface area (Å²) in [5.74, 6) is 2.33. The second kappa shape index (κ2) is 5.03. The molecule has 0 bridgehead atoms. The molecular weight excluding hydrogens is 210 g/mol. The van der Waals surface area contributed by atoms with Gasteiger partial charge in [-0.05, 0) is 19.9 Å². The summed E-state index contributed by atoms with van der Waals surface area (Å²) in [6, 6.07) is 0.0664. The first-order chi connectivity index (χ1) is 7.29. The number of likely N-dealkylation sites (N-methyl/N-ethyl adjacent to an activating group) is 1. The predicted octanol–water partition coefficient (Wildman–Crippen LogP) is 1.30. The third-order valence-electron chi connectivity index (χ3n) is 2.95. The number of ketones is 1. The van der Waals surface area contributed by atoms with Crippen LogP contribution in [0.4, 0.5) is 0 Å². The Balaban J connectivity index is 2.02. The van der Waals surface area contributed by atoms with E-state index in [1.807, 2.05) is 18.8 Å². The zero-order valence-electron chi connectivity index (χ0n) is 9.07. The van der Waals surface area contributed by atoms with Gasteiger partial charge in [0, 0.05) is 23.6 Å². The molecular formula is C11H17NO2S. The van der Waals surface area contributed by atoms with Crippen LogP contribution in [-0.4, -0.2) is 48.4 Å². The highest BCUT2D eigenvalue weighted by Gasteiger charge is 2.29. The molecule has 0 N–H and O–H groups in total. The van der Waals surface area contributed by atoms with E-state index in [-0.39, 0.29) is 11.8 Å². The summed E-state index contributed by atoms with van der Waals surface area (Å²) in [4.78, 5) is 14.3. The van der Waals surface area contributed by atoms with E-state index in [0.717, 1.165) is 43.1 Å². The van der Waals surface area contributed by atoms with Crippen molar-refractivity contribution in [1.82, 2.24) is 4.90 Å². The Morgan fingerprint density at radius 1 is 1.67 bits per heavy atom. The molecule has 15 heavy (non-hydrogen) atoms. The molecule has 3 nitrogen and oxygen atoms in total. The molecule has 84 valence electrons. The van der Waals surface area contributed by atoms with Crippen molar-refractivity contribution in [3.63, 3.8) is 0 Å². The van der Waals surface area contributed by atoms with Crippen LogP contribution >= 0.6 is 11.8 Å². The fraction of sp³-hybridized carbons (Fsp3) is 0.727. The maximum atomic E-state index is 12.2. The lowest BCUT2D eigenvalue weighted by Crippen LogP contribution is -2.45. The van der Waals surface area contributed by atoms with Gasteiger partial charge < -0.3 is 4.74 Å². The average Bonchev–Trinajstić information content (AvgIpc) is 2.30. The van der Waals surface area contributed by atoms with Crippen molar-refractivity contribution in [3.8, 4) is 0 Å². The number of hydrogen-bond donors (Lipinski definition) is 0. The van der Waals surface area contributed by atoms with Gasteiger partial charge in [-0.25, -0.2) is 0 Å². The molecule has 2 aliphatic rings. The minimum Gasteiger partial charge on any atom is -0.501 e. The highest BCUT2D eigenvalue weighted by molar-refractivity contribution is 7.99. The van der Waals surface area contributed by atoms with Gasteiger partial charge in [-0.1, -0.05) is 0 Å². The van der Waals surface area contributed by atoms with E-state index in [2.05, 4.69) is 4.90 Å². The predicted molar refractivity (Wildman–Crippen MR) is 62.0 cm³/mol. The third kappa shape index (κ3) is 2.55. The van der Waals surface area contributed by atoms with Crippen molar-refractivity contribution in [1.29, 1.82) is 0 Å². The van der Waals surface area contributed by atoms with E-state index >= 15 is 0 Å². The second-order valence-corrected chi connectivity index (χ2v) is 5.20. The second-order valence-electron chi connectivity index (χ2n) is 4.05. The minimum atomic E-state index is 0.0664. The molecule has 2 aliphatic heterocycles. The number of thioether (sulfide) groups is 1. The Morgan fingerprint density at radius 2 is 2.53 bits per heavy atom. The van der Waals surface area contributed by atoms with Gasteiger partial charge in [0.25, 0.3) is 0 Å². The first-order valence-corrected chi connectivity index (χ1v) is 6.57. The zero-order chi connectivity index (χ0) is 10.7. The number of rotatable bonds is 2. The van der Waals surface area contributed by atoms with Crippen LogP contribution in [0.25, 0.3) is 0 Å². The Kier molecular flexibility index (Phi) is 3.70. The van der Waals surface area contributed by atoms with Gasteiger partial charge in [0.1, 0.15) is 0 Å². The molecule has 0 aromatic rings. The van der Waals surface area contributed by atoms with Gasteiger partial charge in [-0.3, -0.25) is 9.69 Å². The van der Waals surface area contributed by atoms with Crippen LogP contribution in [0.15, 0.2) is 11.8 Å². The summed E-state index contributed by atoms with van der Waals surface area (Å²) in [6.07, 6.45) is 3.52. The first-order valence-electron chi connectivity index (χ1n) is 5.42. The quantitative estimate of drug-likeness (QED) is 0.711. The number of Topliss-reactive ketones (excluding diaryl/α,β-unsaturated/α-hetero) is 1. The molecule has 0 spiro atoms. The highest BCUT2D eigenvalue weighted by atomic mass is 32.2. The van der Waals surface area contributed by atoms with E-state index in [9.17, 15) is 4.79 Å². The maximum absolute atomic E-state index is 12.2. The van der Waals surface area contributed by atoms with Crippen LogP contribution in [0.2, 0.25) is 0 Å². The number of hydrogen-bond acceptors (Lipinski definition) is 4.